The summed E-state index contributed by atoms with van der Waals surface area (Å²) in [5.41, 5.74) is 0. The molecule has 0 aromatic carbocycles. The van der Waals surface area contributed by atoms with Crippen LogP contribution in [0.5, 0.6) is 0 Å². The zero-order valence-corrected chi connectivity index (χ0v) is 54.7. The van der Waals surface area contributed by atoms with Crippen molar-refractivity contribution in [2.45, 2.75) is 373 Å². The number of esters is 2. The van der Waals surface area contributed by atoms with Gasteiger partial charge in [0.15, 0.2) is 12.4 Å². The number of allylic oxidation sites excluding steroid dienone is 4. The lowest BCUT2D eigenvalue weighted by molar-refractivity contribution is -0.870. The van der Waals surface area contributed by atoms with E-state index in [9.17, 15) is 19.5 Å². The summed E-state index contributed by atoms with van der Waals surface area (Å²) >= 11 is 0. The van der Waals surface area contributed by atoms with Crippen molar-refractivity contribution in [1.82, 2.24) is 0 Å². The van der Waals surface area contributed by atoms with Crippen molar-refractivity contribution in [2.24, 2.45) is 0 Å². The molecule has 0 aromatic heterocycles. The maximum absolute atomic E-state index is 12.9. The van der Waals surface area contributed by atoms with Crippen molar-refractivity contribution in [1.29, 1.82) is 0 Å². The monoisotopic (exact) mass is 1140 g/mol. The molecule has 0 bridgehead atoms. The fourth-order valence-corrected chi connectivity index (χ4v) is 10.7. The number of carbonyl (C=O) groups is 3. The van der Waals surface area contributed by atoms with Gasteiger partial charge in [-0.3, -0.25) is 9.59 Å². The summed E-state index contributed by atoms with van der Waals surface area (Å²) in [5.74, 6) is -2.26. The number of carbonyl (C=O) groups excluding carboxylic acids is 3. The Bertz CT molecular complexity index is 1380. The summed E-state index contributed by atoms with van der Waals surface area (Å²) in [5, 5.41) is 11.8. The van der Waals surface area contributed by atoms with E-state index in [-0.39, 0.29) is 32.2 Å². The zero-order chi connectivity index (χ0) is 59.1. The summed E-state index contributed by atoms with van der Waals surface area (Å²) in [6, 6.07) is 0. The molecule has 0 amide bonds. The molecule has 0 saturated carbocycles. The Morgan fingerprint density at radius 2 is 0.630 bits per heavy atom. The largest absolute Gasteiger partial charge is 0.545 e. The second kappa shape index (κ2) is 63.8. The topological polar surface area (TPSA) is 111 Å². The van der Waals surface area contributed by atoms with Crippen molar-refractivity contribution in [3.05, 3.63) is 24.3 Å². The molecule has 0 aliphatic rings. The number of likely N-dealkylation sites (N-methyl/N-ethyl adjacent to an activating group) is 1. The molecule has 0 saturated heterocycles. The molecule has 0 radical (unpaired) electrons. The first-order valence-corrected chi connectivity index (χ1v) is 35.5. The molecule has 0 fully saturated rings. The Hall–Kier alpha value is -2.23. The first-order valence-electron chi connectivity index (χ1n) is 35.5. The van der Waals surface area contributed by atoms with E-state index in [1.807, 2.05) is 21.1 Å². The molecule has 0 N–H and O–H groups in total. The average Bonchev–Trinajstić information content (AvgIpc) is 3.44. The van der Waals surface area contributed by atoms with E-state index < -0.39 is 24.3 Å². The molecule has 0 aliphatic carbocycles. The van der Waals surface area contributed by atoms with Gasteiger partial charge in [0.25, 0.3) is 0 Å². The number of carboxylic acids is 1. The number of quaternary nitrogens is 1. The first kappa shape index (κ1) is 78.8. The van der Waals surface area contributed by atoms with Gasteiger partial charge in [0.1, 0.15) is 13.2 Å². The maximum atomic E-state index is 12.9. The summed E-state index contributed by atoms with van der Waals surface area (Å²) < 4.78 is 22.8. The van der Waals surface area contributed by atoms with Crippen LogP contribution in [0.25, 0.3) is 0 Å². The van der Waals surface area contributed by atoms with Gasteiger partial charge in [-0.25, -0.2) is 0 Å². The minimum atomic E-state index is -1.62. The number of hydrogen-bond donors (Lipinski definition) is 0. The van der Waals surface area contributed by atoms with Crippen molar-refractivity contribution in [2.75, 3.05) is 47.5 Å². The molecule has 81 heavy (non-hydrogen) atoms. The van der Waals surface area contributed by atoms with Gasteiger partial charge in [-0.1, -0.05) is 308 Å². The third-order valence-electron chi connectivity index (χ3n) is 16.2. The van der Waals surface area contributed by atoms with E-state index in [4.69, 9.17) is 18.9 Å². The van der Waals surface area contributed by atoms with E-state index in [1.54, 1.807) is 0 Å². The zero-order valence-electron chi connectivity index (χ0n) is 54.7. The van der Waals surface area contributed by atoms with Crippen molar-refractivity contribution < 1.29 is 42.9 Å². The number of rotatable bonds is 67. The van der Waals surface area contributed by atoms with Crippen LogP contribution >= 0.6 is 0 Å². The number of hydrogen-bond acceptors (Lipinski definition) is 8. The highest BCUT2D eigenvalue weighted by Crippen LogP contribution is 2.19. The molecule has 9 heteroatoms. The van der Waals surface area contributed by atoms with Crippen LogP contribution in [-0.2, 0) is 33.3 Å². The van der Waals surface area contributed by atoms with Crippen LogP contribution in [-0.4, -0.2) is 82.3 Å². The van der Waals surface area contributed by atoms with E-state index in [2.05, 4.69) is 38.2 Å². The third kappa shape index (κ3) is 65.2. The Labute approximate surface area is 503 Å². The van der Waals surface area contributed by atoms with E-state index in [0.29, 0.717) is 17.4 Å². The summed E-state index contributed by atoms with van der Waals surface area (Å²) in [7, 11) is 5.94. The number of nitrogens with zero attached hydrogens (tertiary/aromatic N) is 1. The molecular formula is C72H137NO8. The normalized spacial score (nSPS) is 12.8. The number of aliphatic carboxylic acids is 1. The standard InChI is InChI=1S/C72H137NO8/c1-6-8-10-12-14-16-18-20-22-24-26-27-28-29-30-31-32-33-34-35-36-37-38-39-40-41-42-43-45-47-49-51-53-55-57-59-61-63-70(75)81-68(67-80-72(71(76)77)78-65-64-73(3,4)5)66-79-69(74)62-60-58-56-54-52-50-48-46-44-25-23-21-19-17-15-13-11-9-7-2/h21,23-24,26,68,72H,6-20,22,25,27-67H2,1-5H3/b23-21-,26-24-. The lowest BCUT2D eigenvalue weighted by Gasteiger charge is -2.26. The summed E-state index contributed by atoms with van der Waals surface area (Å²) in [6.45, 7) is 4.81. The van der Waals surface area contributed by atoms with Crippen LogP contribution in [0.2, 0.25) is 0 Å². The predicted octanol–water partition coefficient (Wildman–Crippen LogP) is 20.5. The molecule has 0 rings (SSSR count). The van der Waals surface area contributed by atoms with Gasteiger partial charge in [0.05, 0.1) is 40.3 Å². The van der Waals surface area contributed by atoms with Crippen LogP contribution in [0, 0.1) is 0 Å². The van der Waals surface area contributed by atoms with Gasteiger partial charge < -0.3 is 33.3 Å². The molecule has 9 nitrogen and oxygen atoms in total. The van der Waals surface area contributed by atoms with Crippen LogP contribution in [0.4, 0.5) is 0 Å². The predicted molar refractivity (Wildman–Crippen MR) is 343 cm³/mol. The van der Waals surface area contributed by atoms with Crippen LogP contribution < -0.4 is 5.11 Å². The fourth-order valence-electron chi connectivity index (χ4n) is 10.7. The summed E-state index contributed by atoms with van der Waals surface area (Å²) in [6.07, 6.45) is 75.7. The first-order chi connectivity index (χ1) is 39.6. The highest BCUT2D eigenvalue weighted by atomic mass is 16.7. The van der Waals surface area contributed by atoms with Crippen LogP contribution in [0.15, 0.2) is 24.3 Å². The fraction of sp³-hybridized carbons (Fsp3) is 0.903. The molecular weight excluding hydrogens is 1010 g/mol. The minimum Gasteiger partial charge on any atom is -0.545 e. The van der Waals surface area contributed by atoms with E-state index in [1.165, 1.54) is 295 Å². The lowest BCUT2D eigenvalue weighted by atomic mass is 10.0. The van der Waals surface area contributed by atoms with Gasteiger partial charge in [0.2, 0.25) is 0 Å². The number of carboxylic acid groups (broad SMARTS) is 1. The van der Waals surface area contributed by atoms with Gasteiger partial charge in [0, 0.05) is 12.8 Å². The maximum Gasteiger partial charge on any atom is 0.306 e. The lowest BCUT2D eigenvalue weighted by Crippen LogP contribution is -2.44. The van der Waals surface area contributed by atoms with Crippen LogP contribution in [0.1, 0.15) is 361 Å². The number of unbranched alkanes of at least 4 members (excludes halogenated alkanes) is 48. The second-order valence-electron chi connectivity index (χ2n) is 25.5. The highest BCUT2D eigenvalue weighted by Gasteiger charge is 2.22. The quantitative estimate of drug-likeness (QED) is 0.0195. The van der Waals surface area contributed by atoms with E-state index >= 15 is 0 Å². The van der Waals surface area contributed by atoms with Gasteiger partial charge >= 0.3 is 11.9 Å². The van der Waals surface area contributed by atoms with E-state index in [0.717, 1.165) is 38.5 Å². The Kier molecular flexibility index (Phi) is 62.0. The SMILES string of the molecule is CCCCCCCC/C=C\CCCCCCCCCCCC(=O)OCC(COC(OCC[N+](C)(C)C)C(=O)[O-])OC(=O)CCCCCCCCCCCCCCCCCCCCCCCCCCC/C=C\CCCCCCCCCC. The average molecular weight is 1140 g/mol. The van der Waals surface area contributed by atoms with Crippen LogP contribution in [0.3, 0.4) is 0 Å². The molecule has 0 aliphatic heterocycles. The number of ether oxygens (including phenoxy) is 4. The molecule has 0 aromatic rings. The van der Waals surface area contributed by atoms with Gasteiger partial charge in [-0.15, -0.1) is 0 Å². The Morgan fingerprint density at radius 1 is 0.358 bits per heavy atom. The van der Waals surface area contributed by atoms with Crippen molar-refractivity contribution in [3.8, 4) is 0 Å². The highest BCUT2D eigenvalue weighted by molar-refractivity contribution is 5.70. The smallest absolute Gasteiger partial charge is 0.306 e. The van der Waals surface area contributed by atoms with Gasteiger partial charge in [-0.05, 0) is 64.2 Å². The third-order valence-corrected chi connectivity index (χ3v) is 16.2. The second-order valence-corrected chi connectivity index (χ2v) is 25.5. The molecule has 0 spiro atoms. The molecule has 0 heterocycles. The minimum absolute atomic E-state index is 0.151. The molecule has 478 valence electrons. The molecule has 2 atom stereocenters. The van der Waals surface area contributed by atoms with Crippen molar-refractivity contribution >= 4 is 17.9 Å². The Balaban J connectivity index is 3.97. The Morgan fingerprint density at radius 3 is 0.914 bits per heavy atom. The van der Waals surface area contributed by atoms with Gasteiger partial charge in [-0.2, -0.15) is 0 Å². The van der Waals surface area contributed by atoms with Crippen molar-refractivity contribution in [3.63, 3.8) is 0 Å². The molecule has 2 unspecified atom stereocenters. The summed E-state index contributed by atoms with van der Waals surface area (Å²) in [4.78, 5) is 37.4.